The molecule has 0 saturated carbocycles. The van der Waals surface area contributed by atoms with Gasteiger partial charge in [-0.25, -0.2) is 6.07 Å². The number of benzene rings is 1. The van der Waals surface area contributed by atoms with Crippen LogP contribution in [0.5, 0.6) is 5.75 Å². The molecule has 0 unspecified atom stereocenters. The van der Waals surface area contributed by atoms with Crippen molar-refractivity contribution in [2.75, 3.05) is 13.2 Å². The average molecular weight is 445 g/mol. The Hall–Kier alpha value is -0.727. The van der Waals surface area contributed by atoms with Gasteiger partial charge in [-0.2, -0.15) is 29.7 Å². The van der Waals surface area contributed by atoms with E-state index >= 15 is 0 Å². The molecule has 0 aliphatic heterocycles. The summed E-state index contributed by atoms with van der Waals surface area (Å²) in [5.41, 5.74) is 0. The van der Waals surface area contributed by atoms with Crippen molar-refractivity contribution in [3.63, 3.8) is 0 Å². The molecule has 0 aliphatic rings. The van der Waals surface area contributed by atoms with E-state index in [-0.39, 0.29) is 31.4 Å². The van der Waals surface area contributed by atoms with Crippen LogP contribution in [0.3, 0.4) is 0 Å². The molecule has 0 radical (unpaired) electrons. The third kappa shape index (κ3) is 11.8. The molecule has 0 amide bonds. The van der Waals surface area contributed by atoms with Gasteiger partial charge in [-0.15, -0.1) is 35.7 Å². The molecule has 0 atom stereocenters. The van der Waals surface area contributed by atoms with Gasteiger partial charge in [0.05, 0.1) is 6.61 Å². The van der Waals surface area contributed by atoms with E-state index < -0.39 is 0 Å². The van der Waals surface area contributed by atoms with Gasteiger partial charge in [-0.05, 0) is 0 Å². The predicted octanol–water partition coefficient (Wildman–Crippen LogP) is -1.91. The van der Waals surface area contributed by atoms with E-state index in [0.29, 0.717) is 6.61 Å². The summed E-state index contributed by atoms with van der Waals surface area (Å²) in [6, 6.07) is 22.2. The van der Waals surface area contributed by atoms with Crippen LogP contribution in [0.4, 0.5) is 0 Å². The molecule has 0 spiro atoms. The summed E-state index contributed by atoms with van der Waals surface area (Å²) in [6.07, 6.45) is 0. The number of rotatable bonds is 3. The summed E-state index contributed by atoms with van der Waals surface area (Å²) in [4.78, 5) is 0. The van der Waals surface area contributed by atoms with Crippen molar-refractivity contribution in [2.24, 2.45) is 0 Å². The molecule has 3 aromatic carbocycles. The van der Waals surface area contributed by atoms with Crippen LogP contribution in [-0.2, 0) is 24.2 Å². The Kier molecular flexibility index (Phi) is 16.8. The zero-order valence-electron chi connectivity index (χ0n) is 13.9. The maximum Gasteiger partial charge on any atom is 0.108 e. The first-order valence-corrected chi connectivity index (χ1v) is 8.44. The minimum Gasteiger partial charge on any atom is -1.00 e. The number of aliphatic hydroxyl groups is 1. The fourth-order valence-corrected chi connectivity index (χ4v) is 1.69. The fourth-order valence-electron chi connectivity index (χ4n) is 1.69. The first-order valence-electron chi connectivity index (χ1n) is 7.21. The molecule has 130 valence electrons. The van der Waals surface area contributed by atoms with E-state index in [0.717, 1.165) is 5.75 Å². The van der Waals surface area contributed by atoms with Gasteiger partial charge in [0.15, 0.2) is 0 Å². The second-order valence-electron chi connectivity index (χ2n) is 4.85. The molecule has 0 fully saturated rings. The average Bonchev–Trinajstić information content (AvgIpc) is 3.16. The third-order valence-electron chi connectivity index (χ3n) is 2.54. The Morgan fingerprint density at radius 3 is 2.21 bits per heavy atom. The summed E-state index contributed by atoms with van der Waals surface area (Å²) in [5, 5.41) is 11.0. The zero-order valence-corrected chi connectivity index (χ0v) is 17.8. The second kappa shape index (κ2) is 15.8. The van der Waals surface area contributed by atoms with Gasteiger partial charge in [-0.1, -0.05) is 6.07 Å². The van der Waals surface area contributed by atoms with Crippen molar-refractivity contribution < 1.29 is 58.9 Å². The maximum absolute atomic E-state index is 8.34. The minimum absolute atomic E-state index is 0. The molecule has 0 aromatic heterocycles. The molecule has 1 N–H and O–H groups in total. The number of ether oxygens (including phenoxy) is 1. The number of hydrogen-bond acceptors (Lipinski definition) is 2. The largest absolute Gasteiger partial charge is 1.00 e. The van der Waals surface area contributed by atoms with Crippen molar-refractivity contribution in [3.05, 3.63) is 66.7 Å². The van der Waals surface area contributed by atoms with Crippen molar-refractivity contribution in [3.8, 4) is 5.75 Å². The molecule has 3 aromatic rings. The van der Waals surface area contributed by atoms with Crippen molar-refractivity contribution in [1.29, 1.82) is 0 Å². The van der Waals surface area contributed by atoms with Crippen LogP contribution in [0.15, 0.2) is 66.7 Å². The number of fused-ring (bicyclic) bond motifs is 1. The molecular formula is C19H22Cl2O2Zr-2. The first-order chi connectivity index (χ1) is 10.6. The molecule has 0 aliphatic carbocycles. The van der Waals surface area contributed by atoms with Crippen LogP contribution in [0.2, 0.25) is 0 Å². The summed E-state index contributed by atoms with van der Waals surface area (Å²) < 4.78 is 6.55. The van der Waals surface area contributed by atoms with Crippen LogP contribution in [0.1, 0.15) is 13.8 Å². The van der Waals surface area contributed by atoms with Crippen LogP contribution < -0.4 is 29.6 Å². The smallest absolute Gasteiger partial charge is 0.108 e. The normalized spacial score (nSPS) is 8.54. The summed E-state index contributed by atoms with van der Waals surface area (Å²) >= 11 is 1.55. The topological polar surface area (TPSA) is 29.5 Å². The summed E-state index contributed by atoms with van der Waals surface area (Å²) in [6.45, 7) is 4.70. The number of halogens is 2. The first kappa shape index (κ1) is 25.5. The van der Waals surface area contributed by atoms with Crippen LogP contribution in [0.25, 0.3) is 10.8 Å². The minimum atomic E-state index is 0. The van der Waals surface area contributed by atoms with Crippen LogP contribution >= 0.6 is 0 Å². The Balaban J connectivity index is 0. The second-order valence-corrected chi connectivity index (χ2v) is 7.31. The van der Waals surface area contributed by atoms with Crippen molar-refractivity contribution >= 4 is 14.0 Å². The number of aliphatic hydroxyl groups excluding tert-OH is 1. The van der Waals surface area contributed by atoms with E-state index in [1.165, 1.54) is 14.0 Å². The standard InChI is InChI=1S/C9H7.C7H9O2.C3H6.2ClH.Zr/c1-2-5-9-7-3-6-8(9)4-1;8-5-6-9-7-3-1-2-4-7;1-3-2;;;/h1-7H;1-4,8H,5-6H2;1-2H3;2*1H;/q2*-1;;;;+2/p-2. The van der Waals surface area contributed by atoms with Gasteiger partial charge >= 0.3 is 41.3 Å². The molecule has 0 heterocycles. The maximum atomic E-state index is 8.34. The Morgan fingerprint density at radius 2 is 1.67 bits per heavy atom. The quantitative estimate of drug-likeness (QED) is 0.478. The van der Waals surface area contributed by atoms with Gasteiger partial charge in [-0.3, -0.25) is 0 Å². The number of hydrogen-bond donors (Lipinski definition) is 1. The molecule has 0 bridgehead atoms. The SMILES string of the molecule is C[C](C)=[Zr+2].OCCOc1ccc[cH-]1.[Cl-].[Cl-].c1ccc2[cH-]ccc2c1. The van der Waals surface area contributed by atoms with E-state index in [1.54, 1.807) is 24.2 Å². The van der Waals surface area contributed by atoms with E-state index in [1.807, 2.05) is 24.3 Å². The Bertz CT molecular complexity index is 614. The van der Waals surface area contributed by atoms with Gasteiger partial charge < -0.3 is 34.7 Å². The van der Waals surface area contributed by atoms with Gasteiger partial charge in [0, 0.05) is 5.75 Å². The van der Waals surface area contributed by atoms with Crippen LogP contribution in [0, 0.1) is 0 Å². The molecular weight excluding hydrogens is 422 g/mol. The summed E-state index contributed by atoms with van der Waals surface area (Å²) in [5.74, 6) is 0.823. The zero-order chi connectivity index (χ0) is 16.2. The Labute approximate surface area is 171 Å². The molecule has 2 nitrogen and oxygen atoms in total. The van der Waals surface area contributed by atoms with E-state index in [9.17, 15) is 0 Å². The molecule has 3 rings (SSSR count). The fraction of sp³-hybridized carbons (Fsp3) is 0.211. The van der Waals surface area contributed by atoms with Crippen LogP contribution in [-0.4, -0.2) is 21.5 Å². The van der Waals surface area contributed by atoms with Crippen molar-refractivity contribution in [1.82, 2.24) is 0 Å². The predicted molar refractivity (Wildman–Crippen MR) is 90.5 cm³/mol. The molecule has 0 saturated heterocycles. The monoisotopic (exact) mass is 442 g/mol. The van der Waals surface area contributed by atoms with Crippen molar-refractivity contribution in [2.45, 2.75) is 13.8 Å². The summed E-state index contributed by atoms with van der Waals surface area (Å²) in [7, 11) is 0. The van der Waals surface area contributed by atoms with Gasteiger partial charge in [0.2, 0.25) is 0 Å². The third-order valence-corrected chi connectivity index (χ3v) is 2.54. The van der Waals surface area contributed by atoms with Gasteiger partial charge in [0.25, 0.3) is 0 Å². The van der Waals surface area contributed by atoms with E-state index in [4.69, 9.17) is 9.84 Å². The molecule has 5 heteroatoms. The van der Waals surface area contributed by atoms with Gasteiger partial charge in [0.1, 0.15) is 6.61 Å². The van der Waals surface area contributed by atoms with E-state index in [2.05, 4.69) is 56.3 Å². The Morgan fingerprint density at radius 1 is 1.00 bits per heavy atom. The molecule has 24 heavy (non-hydrogen) atoms.